The fourth-order valence-corrected chi connectivity index (χ4v) is 2.47. The lowest BCUT2D eigenvalue weighted by molar-refractivity contribution is -0.0511. The van der Waals surface area contributed by atoms with Gasteiger partial charge in [0.2, 0.25) is 0 Å². The number of ether oxygens (including phenoxy) is 1. The van der Waals surface area contributed by atoms with Crippen LogP contribution in [0.2, 0.25) is 0 Å². The van der Waals surface area contributed by atoms with Crippen molar-refractivity contribution in [1.29, 1.82) is 0 Å². The van der Waals surface area contributed by atoms with Gasteiger partial charge in [-0.1, -0.05) is 13.8 Å². The van der Waals surface area contributed by atoms with Gasteiger partial charge in [0.15, 0.2) is 0 Å². The Kier molecular flexibility index (Phi) is 4.57. The number of carbonyl (C=O) groups is 1. The second-order valence-electron chi connectivity index (χ2n) is 7.59. The first kappa shape index (κ1) is 17.5. The Bertz CT molecular complexity index is 596. The van der Waals surface area contributed by atoms with Gasteiger partial charge in [-0.05, 0) is 45.4 Å². The van der Waals surface area contributed by atoms with Gasteiger partial charge in [-0.25, -0.2) is 9.18 Å². The van der Waals surface area contributed by atoms with Gasteiger partial charge < -0.3 is 15.2 Å². The van der Waals surface area contributed by atoms with Crippen LogP contribution in [0.15, 0.2) is 18.2 Å². The van der Waals surface area contributed by atoms with Crippen molar-refractivity contribution in [2.24, 2.45) is 5.41 Å². The van der Waals surface area contributed by atoms with Crippen molar-refractivity contribution in [2.75, 3.05) is 10.6 Å². The van der Waals surface area contributed by atoms with Gasteiger partial charge in [-0.15, -0.1) is 0 Å². The summed E-state index contributed by atoms with van der Waals surface area (Å²) in [4.78, 5) is 11.8. The second-order valence-corrected chi connectivity index (χ2v) is 7.59. The molecule has 1 aliphatic rings. The lowest BCUT2D eigenvalue weighted by Gasteiger charge is -2.49. The van der Waals surface area contributed by atoms with Crippen molar-refractivity contribution < 1.29 is 19.0 Å². The zero-order chi connectivity index (χ0) is 17.4. The molecule has 1 fully saturated rings. The number of aliphatic hydroxyl groups excluding tert-OH is 1. The molecule has 0 radical (unpaired) electrons. The number of hydrogen-bond donors (Lipinski definition) is 3. The minimum atomic E-state index is -0.600. The molecule has 0 saturated heterocycles. The Balaban J connectivity index is 2.06. The number of aliphatic hydroxyl groups is 1. The lowest BCUT2D eigenvalue weighted by atomic mass is 9.64. The van der Waals surface area contributed by atoms with Gasteiger partial charge in [-0.3, -0.25) is 5.32 Å². The van der Waals surface area contributed by atoms with Crippen LogP contribution in [-0.2, 0) is 4.74 Å². The van der Waals surface area contributed by atoms with E-state index in [-0.39, 0.29) is 11.5 Å². The van der Waals surface area contributed by atoms with E-state index < -0.39 is 23.6 Å². The smallest absolute Gasteiger partial charge is 0.412 e. The van der Waals surface area contributed by atoms with Gasteiger partial charge in [-0.2, -0.15) is 0 Å². The highest BCUT2D eigenvalue weighted by atomic mass is 19.1. The Labute approximate surface area is 136 Å². The number of benzene rings is 1. The molecule has 1 amide bonds. The number of carbonyl (C=O) groups excluding carboxylic acids is 1. The highest BCUT2D eigenvalue weighted by Gasteiger charge is 2.47. The van der Waals surface area contributed by atoms with E-state index in [0.29, 0.717) is 17.8 Å². The summed E-state index contributed by atoms with van der Waals surface area (Å²) in [5.74, 6) is -0.406. The molecule has 6 heteroatoms. The van der Waals surface area contributed by atoms with E-state index in [4.69, 9.17) is 4.74 Å². The molecule has 0 aromatic heterocycles. The number of anilines is 2. The first-order valence-electron chi connectivity index (χ1n) is 7.73. The Morgan fingerprint density at radius 1 is 1.39 bits per heavy atom. The molecule has 1 aliphatic carbocycles. The lowest BCUT2D eigenvalue weighted by Crippen LogP contribution is -2.57. The van der Waals surface area contributed by atoms with Crippen LogP contribution in [-0.4, -0.2) is 28.9 Å². The maximum Gasteiger partial charge on any atom is 0.412 e. The topological polar surface area (TPSA) is 70.6 Å². The van der Waals surface area contributed by atoms with E-state index in [1.807, 2.05) is 13.8 Å². The van der Waals surface area contributed by atoms with Crippen LogP contribution in [0, 0.1) is 11.2 Å². The molecule has 128 valence electrons. The molecule has 1 aromatic rings. The minimum Gasteiger partial charge on any atom is -0.444 e. The van der Waals surface area contributed by atoms with Crippen LogP contribution in [0.25, 0.3) is 0 Å². The van der Waals surface area contributed by atoms with Crippen molar-refractivity contribution in [2.45, 2.75) is 58.8 Å². The molecule has 1 aromatic carbocycles. The fraction of sp³-hybridized carbons (Fsp3) is 0.588. The van der Waals surface area contributed by atoms with Crippen molar-refractivity contribution in [3.8, 4) is 0 Å². The number of halogens is 1. The summed E-state index contributed by atoms with van der Waals surface area (Å²) < 4.78 is 19.2. The second kappa shape index (κ2) is 6.00. The highest BCUT2D eigenvalue weighted by molar-refractivity contribution is 5.85. The van der Waals surface area contributed by atoms with Crippen LogP contribution in [0.1, 0.15) is 41.0 Å². The van der Waals surface area contributed by atoms with Crippen LogP contribution in [0.3, 0.4) is 0 Å². The predicted octanol–water partition coefficient (Wildman–Crippen LogP) is 3.74. The summed E-state index contributed by atoms with van der Waals surface area (Å²) in [6.45, 7) is 9.18. The van der Waals surface area contributed by atoms with Crippen LogP contribution in [0.4, 0.5) is 20.6 Å². The first-order chi connectivity index (χ1) is 10.5. The molecule has 5 nitrogen and oxygen atoms in total. The maximum atomic E-state index is 14.0. The Hall–Kier alpha value is -1.82. The molecule has 0 bridgehead atoms. The zero-order valence-electron chi connectivity index (χ0n) is 14.2. The summed E-state index contributed by atoms with van der Waals surface area (Å²) in [5.41, 5.74) is -0.178. The molecule has 3 N–H and O–H groups in total. The summed E-state index contributed by atoms with van der Waals surface area (Å²) >= 11 is 0. The number of amides is 1. The zero-order valence-corrected chi connectivity index (χ0v) is 14.2. The summed E-state index contributed by atoms with van der Waals surface area (Å²) in [5, 5.41) is 15.5. The molecule has 2 atom stereocenters. The molecule has 0 heterocycles. The first-order valence-corrected chi connectivity index (χ1v) is 7.73. The van der Waals surface area contributed by atoms with Crippen LogP contribution >= 0.6 is 0 Å². The normalized spacial score (nSPS) is 22.9. The van der Waals surface area contributed by atoms with E-state index in [2.05, 4.69) is 10.6 Å². The van der Waals surface area contributed by atoms with Crippen molar-refractivity contribution in [3.63, 3.8) is 0 Å². The standard InChI is InChI=1S/C17H25FN2O3/c1-16(2,3)23-15(22)19-10-6-7-11(18)12(8-10)20-13-9-14(21)17(13,4)5/h6-8,13-14,20-21H,9H2,1-5H3,(H,19,22). The number of hydrogen-bond acceptors (Lipinski definition) is 4. The van der Waals surface area contributed by atoms with E-state index in [9.17, 15) is 14.3 Å². The van der Waals surface area contributed by atoms with Crippen molar-refractivity contribution in [3.05, 3.63) is 24.0 Å². The Morgan fingerprint density at radius 3 is 2.57 bits per heavy atom. The molecule has 23 heavy (non-hydrogen) atoms. The molecule has 0 aliphatic heterocycles. The maximum absolute atomic E-state index is 14.0. The predicted molar refractivity (Wildman–Crippen MR) is 88.1 cm³/mol. The van der Waals surface area contributed by atoms with Crippen molar-refractivity contribution >= 4 is 17.5 Å². The number of rotatable bonds is 3. The van der Waals surface area contributed by atoms with Gasteiger partial charge in [0.05, 0.1) is 11.8 Å². The quantitative estimate of drug-likeness (QED) is 0.792. The third-order valence-corrected chi connectivity index (χ3v) is 4.16. The van der Waals surface area contributed by atoms with Gasteiger partial charge in [0, 0.05) is 17.1 Å². The molecular weight excluding hydrogens is 299 g/mol. The molecule has 1 saturated carbocycles. The van der Waals surface area contributed by atoms with E-state index in [0.717, 1.165) is 0 Å². The van der Waals surface area contributed by atoms with Crippen LogP contribution in [0.5, 0.6) is 0 Å². The van der Waals surface area contributed by atoms with Gasteiger partial charge in [0.25, 0.3) is 0 Å². The number of nitrogens with one attached hydrogen (secondary N) is 2. The third kappa shape index (κ3) is 4.13. The van der Waals surface area contributed by atoms with Gasteiger partial charge >= 0.3 is 6.09 Å². The summed E-state index contributed by atoms with van der Waals surface area (Å²) in [6, 6.07) is 4.27. The highest BCUT2D eigenvalue weighted by Crippen LogP contribution is 2.42. The molecular formula is C17H25FN2O3. The average Bonchev–Trinajstić information content (AvgIpc) is 2.39. The molecule has 0 spiro atoms. The summed E-state index contributed by atoms with van der Waals surface area (Å²) in [7, 11) is 0. The van der Waals surface area contributed by atoms with Crippen molar-refractivity contribution in [1.82, 2.24) is 0 Å². The molecule has 2 rings (SSSR count). The van der Waals surface area contributed by atoms with Gasteiger partial charge in [0.1, 0.15) is 11.4 Å². The monoisotopic (exact) mass is 324 g/mol. The molecule has 2 unspecified atom stereocenters. The van der Waals surface area contributed by atoms with E-state index >= 15 is 0 Å². The minimum absolute atomic E-state index is 0.0243. The van der Waals surface area contributed by atoms with E-state index in [1.54, 1.807) is 20.8 Å². The van der Waals surface area contributed by atoms with Crippen LogP contribution < -0.4 is 10.6 Å². The van der Waals surface area contributed by atoms with E-state index in [1.165, 1.54) is 18.2 Å². The third-order valence-electron chi connectivity index (χ3n) is 4.16. The fourth-order valence-electron chi connectivity index (χ4n) is 2.47. The average molecular weight is 324 g/mol. The SMILES string of the molecule is CC(C)(C)OC(=O)Nc1ccc(F)c(NC2CC(O)C2(C)C)c1. The summed E-state index contributed by atoms with van der Waals surface area (Å²) in [6.07, 6.45) is -0.420. The Morgan fingerprint density at radius 2 is 2.04 bits per heavy atom. The largest absolute Gasteiger partial charge is 0.444 e.